The molecule has 1 aliphatic heterocycles. The Balaban J connectivity index is 2.16. The van der Waals surface area contributed by atoms with Crippen molar-refractivity contribution < 1.29 is 24.2 Å². The molecule has 12 heavy (non-hydrogen) atoms. The second-order valence-corrected chi connectivity index (χ2v) is 2.59. The van der Waals surface area contributed by atoms with Crippen LogP contribution in [0.2, 0.25) is 0 Å². The fourth-order valence-corrected chi connectivity index (χ4v) is 0.958. The minimum Gasteiger partial charge on any atom is -0.481 e. The summed E-state index contributed by atoms with van der Waals surface area (Å²) in [5, 5.41) is 8.34. The maximum atomic E-state index is 10.6. The van der Waals surface area contributed by atoms with Gasteiger partial charge in [-0.1, -0.05) is 0 Å². The van der Waals surface area contributed by atoms with Crippen molar-refractivity contribution in [1.82, 2.24) is 0 Å². The molecule has 5 nitrogen and oxygen atoms in total. The van der Waals surface area contributed by atoms with Crippen molar-refractivity contribution in [3.05, 3.63) is 0 Å². The molecule has 1 rings (SSSR count). The van der Waals surface area contributed by atoms with Crippen LogP contribution in [0.5, 0.6) is 0 Å². The number of hydrogen-bond donors (Lipinski definition) is 1. The van der Waals surface area contributed by atoms with Crippen molar-refractivity contribution in [2.45, 2.75) is 25.0 Å². The highest BCUT2D eigenvalue weighted by Gasteiger charge is 2.41. The van der Waals surface area contributed by atoms with E-state index in [1.54, 1.807) is 0 Å². The van der Waals surface area contributed by atoms with Gasteiger partial charge in [-0.25, -0.2) is 0 Å². The van der Waals surface area contributed by atoms with Gasteiger partial charge in [0.2, 0.25) is 0 Å². The van der Waals surface area contributed by atoms with Crippen molar-refractivity contribution in [2.75, 3.05) is 7.11 Å². The molecule has 0 unspecified atom stereocenters. The molecule has 0 aliphatic carbocycles. The average Bonchev–Trinajstić information content (AvgIpc) is 2.66. The lowest BCUT2D eigenvalue weighted by molar-refractivity contribution is -0.141. The standard InChI is InChI=1S/C7H10O5/c1-11-7(10)3-5-4(12-5)2-6(8)9/h4-5H,2-3H2,1H3,(H,8,9)/t4-,5+/m0/s1. The van der Waals surface area contributed by atoms with Gasteiger partial charge >= 0.3 is 11.9 Å². The molecule has 68 valence electrons. The number of ether oxygens (including phenoxy) is 2. The largest absolute Gasteiger partial charge is 0.481 e. The highest BCUT2D eigenvalue weighted by atomic mass is 16.6. The van der Waals surface area contributed by atoms with Gasteiger partial charge in [-0.3, -0.25) is 9.59 Å². The Morgan fingerprint density at radius 1 is 1.42 bits per heavy atom. The zero-order valence-corrected chi connectivity index (χ0v) is 6.65. The maximum Gasteiger partial charge on any atom is 0.308 e. The molecular formula is C7H10O5. The topological polar surface area (TPSA) is 76.1 Å². The molecule has 0 spiro atoms. The Kier molecular flexibility index (Phi) is 2.65. The second kappa shape index (κ2) is 3.53. The molecule has 5 heteroatoms. The van der Waals surface area contributed by atoms with Crippen molar-refractivity contribution >= 4 is 11.9 Å². The van der Waals surface area contributed by atoms with E-state index in [2.05, 4.69) is 4.74 Å². The summed E-state index contributed by atoms with van der Waals surface area (Å²) < 4.78 is 9.31. The lowest BCUT2D eigenvalue weighted by Gasteiger charge is -1.92. The zero-order valence-electron chi connectivity index (χ0n) is 6.65. The summed E-state index contributed by atoms with van der Waals surface area (Å²) in [4.78, 5) is 20.8. The first kappa shape index (κ1) is 8.99. The Hall–Kier alpha value is -1.10. The number of carboxylic acids is 1. The number of methoxy groups -OCH3 is 1. The smallest absolute Gasteiger partial charge is 0.308 e. The highest BCUT2D eigenvalue weighted by Crippen LogP contribution is 2.28. The molecule has 0 aromatic rings. The van der Waals surface area contributed by atoms with Crippen LogP contribution < -0.4 is 0 Å². The van der Waals surface area contributed by atoms with Gasteiger partial charge in [0.25, 0.3) is 0 Å². The summed E-state index contributed by atoms with van der Waals surface area (Å²) in [7, 11) is 1.29. The molecule has 0 saturated carbocycles. The van der Waals surface area contributed by atoms with Gasteiger partial charge in [0.15, 0.2) is 0 Å². The maximum absolute atomic E-state index is 10.6. The van der Waals surface area contributed by atoms with Crippen LogP contribution in [0.25, 0.3) is 0 Å². The molecule has 0 aromatic heterocycles. The van der Waals surface area contributed by atoms with E-state index in [1.165, 1.54) is 7.11 Å². The van der Waals surface area contributed by atoms with Crippen LogP contribution in [-0.4, -0.2) is 36.4 Å². The molecule has 2 atom stereocenters. The van der Waals surface area contributed by atoms with Gasteiger partial charge in [0, 0.05) is 0 Å². The Bertz CT molecular complexity index is 200. The lowest BCUT2D eigenvalue weighted by Crippen LogP contribution is -2.08. The van der Waals surface area contributed by atoms with Crippen LogP contribution in [0, 0.1) is 0 Å². The summed E-state index contributed by atoms with van der Waals surface area (Å²) in [5.74, 6) is -1.28. The molecule has 1 aliphatic rings. The van der Waals surface area contributed by atoms with E-state index < -0.39 is 5.97 Å². The van der Waals surface area contributed by atoms with E-state index in [0.717, 1.165) is 0 Å². The third-order valence-corrected chi connectivity index (χ3v) is 1.66. The van der Waals surface area contributed by atoms with Crippen molar-refractivity contribution in [3.8, 4) is 0 Å². The Morgan fingerprint density at radius 3 is 2.50 bits per heavy atom. The number of carbonyl (C=O) groups excluding carboxylic acids is 1. The van der Waals surface area contributed by atoms with Crippen molar-refractivity contribution in [1.29, 1.82) is 0 Å². The van der Waals surface area contributed by atoms with E-state index in [1.807, 2.05) is 0 Å². The third-order valence-electron chi connectivity index (χ3n) is 1.66. The van der Waals surface area contributed by atoms with Crippen LogP contribution in [0.4, 0.5) is 0 Å². The van der Waals surface area contributed by atoms with Gasteiger partial charge < -0.3 is 14.6 Å². The summed E-state index contributed by atoms with van der Waals surface area (Å²) in [5.41, 5.74) is 0. The first-order valence-corrected chi connectivity index (χ1v) is 3.57. The highest BCUT2D eigenvalue weighted by molar-refractivity contribution is 5.71. The van der Waals surface area contributed by atoms with E-state index >= 15 is 0 Å². The van der Waals surface area contributed by atoms with Crippen molar-refractivity contribution in [3.63, 3.8) is 0 Å². The first-order valence-electron chi connectivity index (χ1n) is 3.57. The predicted octanol–water partition coefficient (Wildman–Crippen LogP) is -0.208. The van der Waals surface area contributed by atoms with E-state index in [9.17, 15) is 9.59 Å². The fraction of sp³-hybridized carbons (Fsp3) is 0.714. The molecule has 0 bridgehead atoms. The van der Waals surface area contributed by atoms with Crippen LogP contribution in [0.3, 0.4) is 0 Å². The average molecular weight is 174 g/mol. The minimum atomic E-state index is -0.910. The van der Waals surface area contributed by atoms with Gasteiger partial charge in [0.05, 0.1) is 32.2 Å². The SMILES string of the molecule is COC(=O)C[C@H]1O[C@H]1CC(=O)O. The molecule has 1 saturated heterocycles. The number of carbonyl (C=O) groups is 2. The predicted molar refractivity (Wildman–Crippen MR) is 37.5 cm³/mol. The van der Waals surface area contributed by atoms with Crippen LogP contribution in [0.1, 0.15) is 12.8 Å². The number of carboxylic acid groups (broad SMARTS) is 1. The Labute approximate surface area is 69.3 Å². The third kappa shape index (κ3) is 2.50. The lowest BCUT2D eigenvalue weighted by atomic mass is 10.2. The first-order chi connectivity index (χ1) is 5.63. The van der Waals surface area contributed by atoms with Crippen LogP contribution >= 0.6 is 0 Å². The summed E-state index contributed by atoms with van der Waals surface area (Å²) in [6, 6.07) is 0. The fourth-order valence-electron chi connectivity index (χ4n) is 0.958. The number of esters is 1. The van der Waals surface area contributed by atoms with Gasteiger partial charge in [-0.05, 0) is 0 Å². The van der Waals surface area contributed by atoms with Gasteiger partial charge in [-0.15, -0.1) is 0 Å². The number of hydrogen-bond acceptors (Lipinski definition) is 4. The molecule has 0 radical (unpaired) electrons. The normalized spacial score (nSPS) is 26.4. The minimum absolute atomic E-state index is 0.0400. The molecule has 0 amide bonds. The van der Waals surface area contributed by atoms with E-state index in [4.69, 9.17) is 9.84 Å². The van der Waals surface area contributed by atoms with E-state index in [0.29, 0.717) is 0 Å². The molecule has 0 aromatic carbocycles. The molecule has 1 N–H and O–H groups in total. The number of aliphatic carboxylic acids is 1. The summed E-state index contributed by atoms with van der Waals surface area (Å²) in [6.45, 7) is 0. The zero-order chi connectivity index (χ0) is 9.14. The van der Waals surface area contributed by atoms with Gasteiger partial charge in [-0.2, -0.15) is 0 Å². The number of epoxide rings is 1. The quantitative estimate of drug-likeness (QED) is 0.471. The number of rotatable bonds is 4. The van der Waals surface area contributed by atoms with Crippen molar-refractivity contribution in [2.24, 2.45) is 0 Å². The van der Waals surface area contributed by atoms with Crippen LogP contribution in [0.15, 0.2) is 0 Å². The molecular weight excluding hydrogens is 164 g/mol. The summed E-state index contributed by atoms with van der Waals surface area (Å²) >= 11 is 0. The monoisotopic (exact) mass is 174 g/mol. The van der Waals surface area contributed by atoms with E-state index in [-0.39, 0.29) is 31.0 Å². The second-order valence-electron chi connectivity index (χ2n) is 2.59. The van der Waals surface area contributed by atoms with Gasteiger partial charge in [0.1, 0.15) is 0 Å². The molecule has 1 fully saturated rings. The molecule has 1 heterocycles. The Morgan fingerprint density at radius 2 is 2.00 bits per heavy atom. The summed E-state index contributed by atoms with van der Waals surface area (Å²) in [6.07, 6.45) is -0.453. The van der Waals surface area contributed by atoms with Crippen LogP contribution in [-0.2, 0) is 19.1 Å².